The van der Waals surface area contributed by atoms with Gasteiger partial charge in [-0.25, -0.2) is 4.98 Å². The Labute approximate surface area is 150 Å². The van der Waals surface area contributed by atoms with Crippen LogP contribution in [0.25, 0.3) is 23.1 Å². The van der Waals surface area contributed by atoms with E-state index in [1.165, 1.54) is 16.7 Å². The van der Waals surface area contributed by atoms with Gasteiger partial charge in [-0.15, -0.1) is 0 Å². The fourth-order valence-corrected chi connectivity index (χ4v) is 2.81. The Morgan fingerprint density at radius 1 is 1.21 bits per heavy atom. The number of aromatic nitrogens is 2. The quantitative estimate of drug-likeness (QED) is 0.359. The van der Waals surface area contributed by atoms with Crippen molar-refractivity contribution in [3.05, 3.63) is 77.9 Å². The Hall–Kier alpha value is -2.55. The van der Waals surface area contributed by atoms with Gasteiger partial charge in [-0.2, -0.15) is 0 Å². The van der Waals surface area contributed by atoms with Crippen molar-refractivity contribution in [3.8, 4) is 0 Å². The fraction of sp³-hybridized carbons (Fsp3) is 0.0588. The van der Waals surface area contributed by atoms with Gasteiger partial charge in [0.15, 0.2) is 0 Å². The Kier molecular flexibility index (Phi) is 4.43. The van der Waals surface area contributed by atoms with E-state index < -0.39 is 4.92 Å². The number of fused-ring (bicyclic) bond motifs is 1. The Balaban J connectivity index is 2.05. The van der Waals surface area contributed by atoms with Gasteiger partial charge in [0, 0.05) is 22.8 Å². The van der Waals surface area contributed by atoms with Gasteiger partial charge in [0.2, 0.25) is 0 Å². The van der Waals surface area contributed by atoms with Crippen LogP contribution in [0, 0.1) is 13.7 Å². The van der Waals surface area contributed by atoms with Crippen LogP contribution in [0.4, 0.5) is 5.69 Å². The predicted octanol–water partition coefficient (Wildman–Crippen LogP) is 3.62. The average Bonchev–Trinajstić information content (AvgIpc) is 2.57. The first kappa shape index (κ1) is 16.3. The maximum absolute atomic E-state index is 12.5. The SMILES string of the molecule is Cn1c(C=Cc2cccc([N+](=O)[O-])c2)nc2ccc(I)cc2c1=O. The third kappa shape index (κ3) is 3.21. The molecule has 0 atom stereocenters. The Morgan fingerprint density at radius 2 is 2.00 bits per heavy atom. The summed E-state index contributed by atoms with van der Waals surface area (Å²) in [5, 5.41) is 11.4. The second-order valence-corrected chi connectivity index (χ2v) is 6.43. The molecule has 0 fully saturated rings. The average molecular weight is 433 g/mol. The van der Waals surface area contributed by atoms with E-state index in [-0.39, 0.29) is 11.2 Å². The van der Waals surface area contributed by atoms with E-state index in [9.17, 15) is 14.9 Å². The summed E-state index contributed by atoms with van der Waals surface area (Å²) in [5.41, 5.74) is 1.18. The number of halogens is 1. The largest absolute Gasteiger partial charge is 0.296 e. The molecule has 0 saturated heterocycles. The summed E-state index contributed by atoms with van der Waals surface area (Å²) in [7, 11) is 1.65. The molecule has 2 aromatic carbocycles. The van der Waals surface area contributed by atoms with E-state index in [0.29, 0.717) is 22.3 Å². The van der Waals surface area contributed by atoms with Crippen LogP contribution in [0.3, 0.4) is 0 Å². The molecule has 6 nitrogen and oxygen atoms in total. The summed E-state index contributed by atoms with van der Waals surface area (Å²) in [5.74, 6) is 0.486. The van der Waals surface area contributed by atoms with Gasteiger partial charge in [-0.3, -0.25) is 19.5 Å². The van der Waals surface area contributed by atoms with Gasteiger partial charge < -0.3 is 0 Å². The highest BCUT2D eigenvalue weighted by Crippen LogP contribution is 2.16. The molecule has 0 radical (unpaired) electrons. The molecule has 0 unspecified atom stereocenters. The number of benzene rings is 2. The zero-order valence-electron chi connectivity index (χ0n) is 12.6. The summed E-state index contributed by atoms with van der Waals surface area (Å²) in [6, 6.07) is 11.8. The Bertz CT molecular complexity index is 1040. The number of nitro groups is 1. The molecule has 0 N–H and O–H groups in total. The monoisotopic (exact) mass is 433 g/mol. The molecule has 24 heavy (non-hydrogen) atoms. The third-order valence-corrected chi connectivity index (χ3v) is 4.25. The molecule has 1 heterocycles. The fourth-order valence-electron chi connectivity index (χ4n) is 2.32. The molecule has 1 aromatic heterocycles. The summed E-state index contributed by atoms with van der Waals surface area (Å²) in [4.78, 5) is 27.3. The second kappa shape index (κ2) is 6.52. The second-order valence-electron chi connectivity index (χ2n) is 5.18. The molecule has 0 aliphatic heterocycles. The highest BCUT2D eigenvalue weighted by Gasteiger charge is 2.07. The van der Waals surface area contributed by atoms with Crippen molar-refractivity contribution >= 4 is 51.3 Å². The van der Waals surface area contributed by atoms with E-state index >= 15 is 0 Å². The summed E-state index contributed by atoms with van der Waals surface area (Å²) < 4.78 is 2.44. The van der Waals surface area contributed by atoms with E-state index in [0.717, 1.165) is 3.57 Å². The van der Waals surface area contributed by atoms with Gasteiger partial charge in [0.05, 0.1) is 15.8 Å². The predicted molar refractivity (Wildman–Crippen MR) is 102 cm³/mol. The first-order valence-corrected chi connectivity index (χ1v) is 8.12. The van der Waals surface area contributed by atoms with Crippen LogP contribution in [-0.4, -0.2) is 14.5 Å². The topological polar surface area (TPSA) is 78.0 Å². The van der Waals surface area contributed by atoms with Crippen LogP contribution < -0.4 is 5.56 Å². The highest BCUT2D eigenvalue weighted by molar-refractivity contribution is 14.1. The standard InChI is InChI=1S/C17H12IN3O3/c1-20-16(8-5-11-3-2-4-13(9-11)21(23)24)19-15-7-6-12(18)10-14(15)17(20)22/h2-10H,1H3. The van der Waals surface area contributed by atoms with E-state index in [4.69, 9.17) is 0 Å². The number of rotatable bonds is 3. The van der Waals surface area contributed by atoms with Crippen molar-refractivity contribution in [2.75, 3.05) is 0 Å². The highest BCUT2D eigenvalue weighted by atomic mass is 127. The van der Waals surface area contributed by atoms with Gasteiger partial charge in [-0.05, 0) is 52.4 Å². The molecule has 3 rings (SSSR count). The van der Waals surface area contributed by atoms with Crippen molar-refractivity contribution in [1.29, 1.82) is 0 Å². The molecule has 0 bridgehead atoms. The lowest BCUT2D eigenvalue weighted by Crippen LogP contribution is -2.20. The number of non-ortho nitro benzene ring substituents is 1. The minimum absolute atomic E-state index is 0.0204. The third-order valence-electron chi connectivity index (χ3n) is 3.58. The molecular weight excluding hydrogens is 421 g/mol. The molecule has 0 saturated carbocycles. The van der Waals surface area contributed by atoms with Gasteiger partial charge in [0.25, 0.3) is 11.2 Å². The minimum Gasteiger partial charge on any atom is -0.296 e. The zero-order valence-corrected chi connectivity index (χ0v) is 14.8. The maximum Gasteiger partial charge on any atom is 0.270 e. The number of nitro benzene ring substituents is 1. The lowest BCUT2D eigenvalue weighted by molar-refractivity contribution is -0.384. The molecule has 7 heteroatoms. The molecule has 3 aromatic rings. The smallest absolute Gasteiger partial charge is 0.270 e. The summed E-state index contributed by atoms with van der Waals surface area (Å²) in [6.45, 7) is 0. The number of nitrogens with zero attached hydrogens (tertiary/aromatic N) is 3. The molecule has 0 aliphatic carbocycles. The molecule has 0 amide bonds. The van der Waals surface area contributed by atoms with Gasteiger partial charge in [-0.1, -0.05) is 18.2 Å². The normalized spacial score (nSPS) is 11.2. The van der Waals surface area contributed by atoms with E-state index in [1.54, 1.807) is 37.4 Å². The van der Waals surface area contributed by atoms with E-state index in [2.05, 4.69) is 27.6 Å². The van der Waals surface area contributed by atoms with Crippen LogP contribution >= 0.6 is 22.6 Å². The maximum atomic E-state index is 12.5. The van der Waals surface area contributed by atoms with Crippen LogP contribution in [0.1, 0.15) is 11.4 Å². The van der Waals surface area contributed by atoms with Crippen LogP contribution in [-0.2, 0) is 7.05 Å². The number of hydrogen-bond acceptors (Lipinski definition) is 4. The number of hydrogen-bond donors (Lipinski definition) is 0. The van der Waals surface area contributed by atoms with Crippen molar-refractivity contribution < 1.29 is 4.92 Å². The van der Waals surface area contributed by atoms with Crippen molar-refractivity contribution in [1.82, 2.24) is 9.55 Å². The van der Waals surface area contributed by atoms with Crippen LogP contribution in [0.5, 0.6) is 0 Å². The lowest BCUT2D eigenvalue weighted by Gasteiger charge is -2.06. The zero-order chi connectivity index (χ0) is 17.3. The van der Waals surface area contributed by atoms with E-state index in [1.807, 2.05) is 12.1 Å². The molecular formula is C17H12IN3O3. The Morgan fingerprint density at radius 3 is 2.75 bits per heavy atom. The molecule has 0 aliphatic rings. The minimum atomic E-state index is -0.441. The first-order chi connectivity index (χ1) is 11.5. The molecule has 120 valence electrons. The molecule has 0 spiro atoms. The summed E-state index contributed by atoms with van der Waals surface area (Å²) in [6.07, 6.45) is 3.38. The van der Waals surface area contributed by atoms with Gasteiger partial charge in [0.1, 0.15) is 5.82 Å². The van der Waals surface area contributed by atoms with Crippen molar-refractivity contribution in [3.63, 3.8) is 0 Å². The summed E-state index contributed by atoms with van der Waals surface area (Å²) >= 11 is 2.15. The van der Waals surface area contributed by atoms with Gasteiger partial charge >= 0.3 is 0 Å². The lowest BCUT2D eigenvalue weighted by atomic mass is 10.2. The van der Waals surface area contributed by atoms with Crippen LogP contribution in [0.2, 0.25) is 0 Å². The first-order valence-electron chi connectivity index (χ1n) is 7.04. The van der Waals surface area contributed by atoms with Crippen molar-refractivity contribution in [2.24, 2.45) is 7.05 Å². The van der Waals surface area contributed by atoms with Crippen LogP contribution in [0.15, 0.2) is 47.3 Å². The van der Waals surface area contributed by atoms with Crippen molar-refractivity contribution in [2.45, 2.75) is 0 Å².